The van der Waals surface area contributed by atoms with Crippen LogP contribution >= 0.6 is 11.6 Å². The Balaban J connectivity index is 1.81. The summed E-state index contributed by atoms with van der Waals surface area (Å²) in [7, 11) is 0. The quantitative estimate of drug-likeness (QED) is 0.885. The number of furan rings is 1. The lowest BCUT2D eigenvalue weighted by Gasteiger charge is -2.11. The molecule has 0 saturated heterocycles. The molecule has 2 aromatic rings. The van der Waals surface area contributed by atoms with Crippen LogP contribution in [0.15, 0.2) is 47.3 Å². The van der Waals surface area contributed by atoms with Crippen molar-refractivity contribution in [3.8, 4) is 0 Å². The van der Waals surface area contributed by atoms with Crippen molar-refractivity contribution in [2.75, 3.05) is 6.54 Å². The van der Waals surface area contributed by atoms with Crippen molar-refractivity contribution in [3.63, 3.8) is 0 Å². The molecule has 0 bridgehead atoms. The Labute approximate surface area is 116 Å². The molecule has 2 N–H and O–H groups in total. The molecule has 2 rings (SSSR count). The lowest BCUT2D eigenvalue weighted by Crippen LogP contribution is -2.25. The Hall–Kier alpha value is -1.78. The Morgan fingerprint density at radius 3 is 2.95 bits per heavy atom. The van der Waals surface area contributed by atoms with E-state index in [4.69, 9.17) is 16.0 Å². The van der Waals surface area contributed by atoms with Gasteiger partial charge in [0.05, 0.1) is 17.9 Å². The summed E-state index contributed by atoms with van der Waals surface area (Å²) in [5, 5.41) is 13.3. The first kappa shape index (κ1) is 13.6. The highest BCUT2D eigenvalue weighted by Gasteiger charge is 2.10. The molecular weight excluding hydrogens is 266 g/mol. The summed E-state index contributed by atoms with van der Waals surface area (Å²) in [5.74, 6) is -0.216. The van der Waals surface area contributed by atoms with Gasteiger partial charge in [0.15, 0.2) is 0 Å². The average Bonchev–Trinajstić information content (AvgIpc) is 2.92. The van der Waals surface area contributed by atoms with Gasteiger partial charge in [0, 0.05) is 11.6 Å². The molecule has 4 nitrogen and oxygen atoms in total. The summed E-state index contributed by atoms with van der Waals surface area (Å²) < 4.78 is 4.82. The maximum Gasteiger partial charge on any atom is 0.254 e. The van der Waals surface area contributed by atoms with E-state index in [-0.39, 0.29) is 5.91 Å². The van der Waals surface area contributed by atoms with Gasteiger partial charge in [0.2, 0.25) is 0 Å². The third-order valence-corrected chi connectivity index (χ3v) is 2.96. The summed E-state index contributed by atoms with van der Waals surface area (Å²) in [6, 6.07) is 8.63. The second kappa shape index (κ2) is 6.41. The topological polar surface area (TPSA) is 62.5 Å². The number of carbonyl (C=O) groups excluding carboxylic acids is 1. The first-order valence-electron chi connectivity index (χ1n) is 5.91. The van der Waals surface area contributed by atoms with Crippen LogP contribution in [0.3, 0.4) is 0 Å². The van der Waals surface area contributed by atoms with Crippen molar-refractivity contribution in [3.05, 3.63) is 59.0 Å². The van der Waals surface area contributed by atoms with Gasteiger partial charge in [-0.05, 0) is 30.2 Å². The van der Waals surface area contributed by atoms with Crippen LogP contribution < -0.4 is 5.32 Å². The molecule has 19 heavy (non-hydrogen) atoms. The van der Waals surface area contributed by atoms with E-state index in [1.165, 1.54) is 12.5 Å². The maximum atomic E-state index is 11.6. The van der Waals surface area contributed by atoms with Crippen LogP contribution in [0.25, 0.3) is 0 Å². The lowest BCUT2D eigenvalue weighted by molar-refractivity contribution is 0.0942. The van der Waals surface area contributed by atoms with Crippen molar-refractivity contribution in [1.29, 1.82) is 0 Å². The fourth-order valence-electron chi connectivity index (χ4n) is 1.70. The number of carbonyl (C=O) groups is 1. The van der Waals surface area contributed by atoms with Crippen LogP contribution in [0.2, 0.25) is 5.02 Å². The number of hydrogen-bond donors (Lipinski definition) is 2. The van der Waals surface area contributed by atoms with Gasteiger partial charge in [0.1, 0.15) is 6.26 Å². The predicted molar refractivity (Wildman–Crippen MR) is 72.1 cm³/mol. The van der Waals surface area contributed by atoms with Crippen molar-refractivity contribution >= 4 is 17.5 Å². The van der Waals surface area contributed by atoms with Crippen molar-refractivity contribution in [1.82, 2.24) is 5.32 Å². The zero-order valence-electron chi connectivity index (χ0n) is 10.2. The van der Waals surface area contributed by atoms with Crippen LogP contribution in [-0.2, 0) is 0 Å². The number of amides is 1. The van der Waals surface area contributed by atoms with Crippen molar-refractivity contribution < 1.29 is 14.3 Å². The number of hydrogen-bond acceptors (Lipinski definition) is 3. The van der Waals surface area contributed by atoms with Crippen LogP contribution in [0.4, 0.5) is 0 Å². The largest absolute Gasteiger partial charge is 0.472 e. The molecule has 0 aliphatic rings. The number of rotatable bonds is 5. The fourth-order valence-corrected chi connectivity index (χ4v) is 1.90. The number of benzene rings is 1. The van der Waals surface area contributed by atoms with Crippen LogP contribution in [-0.4, -0.2) is 17.6 Å². The highest BCUT2D eigenvalue weighted by Crippen LogP contribution is 2.19. The summed E-state index contributed by atoms with van der Waals surface area (Å²) in [6.07, 6.45) is 2.59. The summed E-state index contributed by atoms with van der Waals surface area (Å²) in [6.45, 7) is 0.373. The standard InChI is InChI=1S/C14H14ClNO3/c15-12-3-1-2-10(8-12)13(17)4-6-16-14(18)11-5-7-19-9-11/h1-3,5,7-9,13,17H,4,6H2,(H,16,18)/t13-/m1/s1. The Morgan fingerprint density at radius 1 is 1.42 bits per heavy atom. The number of nitrogens with one attached hydrogen (secondary N) is 1. The fraction of sp³-hybridized carbons (Fsp3) is 0.214. The van der Waals surface area contributed by atoms with E-state index in [1.807, 2.05) is 0 Å². The minimum absolute atomic E-state index is 0.216. The van der Waals surface area contributed by atoms with Crippen molar-refractivity contribution in [2.45, 2.75) is 12.5 Å². The van der Waals surface area contributed by atoms with Crippen LogP contribution in [0.1, 0.15) is 28.4 Å². The molecule has 0 fully saturated rings. The first-order chi connectivity index (χ1) is 9.16. The second-order valence-corrected chi connectivity index (χ2v) is 4.56. The number of halogens is 1. The SMILES string of the molecule is O=C(NCC[C@@H](O)c1cccc(Cl)c1)c1ccoc1. The van der Waals surface area contributed by atoms with E-state index in [0.29, 0.717) is 23.6 Å². The average molecular weight is 280 g/mol. The molecule has 1 heterocycles. The summed E-state index contributed by atoms with van der Waals surface area (Å²) in [5.41, 5.74) is 1.21. The molecule has 5 heteroatoms. The molecule has 0 radical (unpaired) electrons. The molecule has 1 amide bonds. The molecule has 0 spiro atoms. The van der Waals surface area contributed by atoms with E-state index < -0.39 is 6.10 Å². The van der Waals surface area contributed by atoms with Crippen molar-refractivity contribution in [2.24, 2.45) is 0 Å². The van der Waals surface area contributed by atoms with E-state index >= 15 is 0 Å². The van der Waals surface area contributed by atoms with Crippen LogP contribution in [0, 0.1) is 0 Å². The highest BCUT2D eigenvalue weighted by molar-refractivity contribution is 6.30. The maximum absolute atomic E-state index is 11.6. The Bertz CT molecular complexity index is 539. The summed E-state index contributed by atoms with van der Waals surface area (Å²) >= 11 is 5.85. The van der Waals surface area contributed by atoms with Gasteiger partial charge >= 0.3 is 0 Å². The van der Waals surface area contributed by atoms with Crippen LogP contribution in [0.5, 0.6) is 0 Å². The van der Waals surface area contributed by atoms with Gasteiger partial charge in [-0.3, -0.25) is 4.79 Å². The molecule has 1 atom stereocenters. The first-order valence-corrected chi connectivity index (χ1v) is 6.28. The molecule has 100 valence electrons. The smallest absolute Gasteiger partial charge is 0.254 e. The molecule has 0 aliphatic heterocycles. The molecule has 0 saturated carbocycles. The zero-order chi connectivity index (χ0) is 13.7. The minimum Gasteiger partial charge on any atom is -0.472 e. The van der Waals surface area contributed by atoms with Gasteiger partial charge in [-0.15, -0.1) is 0 Å². The molecule has 0 unspecified atom stereocenters. The van der Waals surface area contributed by atoms with E-state index in [0.717, 1.165) is 5.56 Å². The number of aliphatic hydroxyl groups is 1. The lowest BCUT2D eigenvalue weighted by atomic mass is 10.1. The van der Waals surface area contributed by atoms with Gasteiger partial charge in [-0.2, -0.15) is 0 Å². The van der Waals surface area contributed by atoms with Gasteiger partial charge in [-0.1, -0.05) is 23.7 Å². The number of aliphatic hydroxyl groups excluding tert-OH is 1. The zero-order valence-corrected chi connectivity index (χ0v) is 10.9. The monoisotopic (exact) mass is 279 g/mol. The molecule has 1 aromatic carbocycles. The predicted octanol–water partition coefficient (Wildman–Crippen LogP) is 2.79. The summed E-state index contributed by atoms with van der Waals surface area (Å²) in [4.78, 5) is 11.6. The molecular formula is C14H14ClNO3. The van der Waals surface area contributed by atoms with E-state index in [1.54, 1.807) is 30.3 Å². The third kappa shape index (κ3) is 3.84. The molecule has 1 aromatic heterocycles. The van der Waals surface area contributed by atoms with Gasteiger partial charge in [0.25, 0.3) is 5.91 Å². The third-order valence-electron chi connectivity index (χ3n) is 2.72. The van der Waals surface area contributed by atoms with E-state index in [9.17, 15) is 9.90 Å². The molecule has 0 aliphatic carbocycles. The second-order valence-electron chi connectivity index (χ2n) is 4.13. The Kier molecular flexibility index (Phi) is 4.60. The highest BCUT2D eigenvalue weighted by atomic mass is 35.5. The van der Waals surface area contributed by atoms with Gasteiger partial charge in [-0.25, -0.2) is 0 Å². The van der Waals surface area contributed by atoms with Gasteiger partial charge < -0.3 is 14.8 Å². The minimum atomic E-state index is -0.650. The van der Waals surface area contributed by atoms with E-state index in [2.05, 4.69) is 5.32 Å². The normalized spacial score (nSPS) is 12.1. The Morgan fingerprint density at radius 2 is 2.26 bits per heavy atom.